The molecule has 0 aromatic carbocycles. The van der Waals surface area contributed by atoms with Gasteiger partial charge in [0, 0.05) is 0 Å². The van der Waals surface area contributed by atoms with Crippen LogP contribution < -0.4 is 0 Å². The third-order valence-electron chi connectivity index (χ3n) is 1.92. The molecule has 0 radical (unpaired) electrons. The van der Waals surface area contributed by atoms with Crippen molar-refractivity contribution in [3.8, 4) is 0 Å². The van der Waals surface area contributed by atoms with Crippen molar-refractivity contribution in [3.05, 3.63) is 0 Å². The van der Waals surface area contributed by atoms with E-state index >= 15 is 0 Å². The summed E-state index contributed by atoms with van der Waals surface area (Å²) < 4.78 is 41.6. The second-order valence-corrected chi connectivity index (χ2v) is 3.40. The van der Waals surface area contributed by atoms with Crippen molar-refractivity contribution in [1.82, 2.24) is 0 Å². The summed E-state index contributed by atoms with van der Waals surface area (Å²) in [5, 5.41) is 0. The van der Waals surface area contributed by atoms with Crippen molar-refractivity contribution >= 4 is 5.97 Å². The first-order valence-electron chi connectivity index (χ1n) is 4.51. The van der Waals surface area contributed by atoms with Crippen LogP contribution in [0.25, 0.3) is 0 Å². The highest BCUT2D eigenvalue weighted by Gasteiger charge is 2.42. The minimum absolute atomic E-state index is 0.113. The van der Waals surface area contributed by atoms with E-state index in [0.29, 0.717) is 0 Å². The highest BCUT2D eigenvalue weighted by Crippen LogP contribution is 2.34. The van der Waals surface area contributed by atoms with E-state index < -0.39 is 30.4 Å². The Kier molecular flexibility index (Phi) is 4.94. The Balaban J connectivity index is 4.32. The molecular formula is C9H15F3O2. The van der Waals surface area contributed by atoms with Crippen molar-refractivity contribution in [2.75, 3.05) is 6.61 Å². The van der Waals surface area contributed by atoms with Crippen molar-refractivity contribution in [1.29, 1.82) is 0 Å². The lowest BCUT2D eigenvalue weighted by Crippen LogP contribution is -2.30. The lowest BCUT2D eigenvalue weighted by molar-refractivity contribution is -0.194. The Morgan fingerprint density at radius 3 is 2.14 bits per heavy atom. The first-order valence-corrected chi connectivity index (χ1v) is 4.51. The smallest absolute Gasteiger partial charge is 0.392 e. The zero-order valence-electron chi connectivity index (χ0n) is 8.52. The van der Waals surface area contributed by atoms with E-state index in [4.69, 9.17) is 0 Å². The van der Waals surface area contributed by atoms with Crippen LogP contribution in [0.15, 0.2) is 0 Å². The van der Waals surface area contributed by atoms with Gasteiger partial charge < -0.3 is 4.74 Å². The highest BCUT2D eigenvalue weighted by atomic mass is 19.4. The van der Waals surface area contributed by atoms with Gasteiger partial charge in [-0.05, 0) is 12.8 Å². The fourth-order valence-corrected chi connectivity index (χ4v) is 1.13. The van der Waals surface area contributed by atoms with E-state index in [2.05, 4.69) is 4.74 Å². The number of carbonyl (C=O) groups is 1. The summed E-state index contributed by atoms with van der Waals surface area (Å²) in [6.07, 6.45) is -4.92. The molecule has 14 heavy (non-hydrogen) atoms. The normalized spacial score (nSPS) is 14.2. The number of hydrogen-bond donors (Lipinski definition) is 0. The van der Waals surface area contributed by atoms with Crippen LogP contribution >= 0.6 is 0 Å². The van der Waals surface area contributed by atoms with Crippen LogP contribution in [-0.2, 0) is 9.53 Å². The van der Waals surface area contributed by atoms with E-state index in [1.165, 1.54) is 13.8 Å². The van der Waals surface area contributed by atoms with Crippen LogP contribution in [0.5, 0.6) is 0 Å². The molecule has 0 heterocycles. The highest BCUT2D eigenvalue weighted by molar-refractivity contribution is 5.69. The molecular weight excluding hydrogens is 197 g/mol. The topological polar surface area (TPSA) is 26.3 Å². The molecule has 0 aliphatic rings. The minimum atomic E-state index is -4.33. The maximum absolute atomic E-state index is 12.4. The monoisotopic (exact) mass is 212 g/mol. The summed E-state index contributed by atoms with van der Waals surface area (Å²) in [6.45, 7) is 4.56. The third-order valence-corrected chi connectivity index (χ3v) is 1.92. The van der Waals surface area contributed by atoms with Crippen molar-refractivity contribution in [3.63, 3.8) is 0 Å². The van der Waals surface area contributed by atoms with Crippen molar-refractivity contribution < 1.29 is 22.7 Å². The Bertz CT molecular complexity index is 187. The molecule has 0 rings (SSSR count). The Hall–Kier alpha value is -0.740. The lowest BCUT2D eigenvalue weighted by atomic mass is 9.92. The summed E-state index contributed by atoms with van der Waals surface area (Å²) in [4.78, 5) is 10.9. The van der Waals surface area contributed by atoms with Gasteiger partial charge in [0.25, 0.3) is 0 Å². The van der Waals surface area contributed by atoms with Gasteiger partial charge in [-0.3, -0.25) is 4.79 Å². The molecule has 1 unspecified atom stereocenters. The summed E-state index contributed by atoms with van der Waals surface area (Å²) in [5.41, 5.74) is 0. The Labute approximate surface area is 81.4 Å². The van der Waals surface area contributed by atoms with Gasteiger partial charge in [0.15, 0.2) is 0 Å². The van der Waals surface area contributed by atoms with Gasteiger partial charge in [-0.25, -0.2) is 0 Å². The molecule has 0 aliphatic carbocycles. The van der Waals surface area contributed by atoms with Gasteiger partial charge in [-0.2, -0.15) is 13.2 Å². The number of hydrogen-bond acceptors (Lipinski definition) is 2. The number of carbonyl (C=O) groups excluding carboxylic acids is 1. The standard InChI is InChI=1S/C9H15F3O2/c1-4-14-8(13)5-7(6(2)3)9(10,11)12/h6-7H,4-5H2,1-3H3. The van der Waals surface area contributed by atoms with Crippen LogP contribution in [-0.4, -0.2) is 18.8 Å². The molecule has 0 spiro atoms. The number of rotatable bonds is 4. The average Bonchev–Trinajstić information content (AvgIpc) is 1.98. The fourth-order valence-electron chi connectivity index (χ4n) is 1.13. The number of alkyl halides is 3. The fraction of sp³-hybridized carbons (Fsp3) is 0.889. The van der Waals surface area contributed by atoms with Gasteiger partial charge >= 0.3 is 12.1 Å². The van der Waals surface area contributed by atoms with Crippen LogP contribution in [0.1, 0.15) is 27.2 Å². The first kappa shape index (κ1) is 13.3. The summed E-state index contributed by atoms with van der Waals surface area (Å²) >= 11 is 0. The largest absolute Gasteiger partial charge is 0.466 e. The first-order chi connectivity index (χ1) is 6.29. The number of ether oxygens (including phenoxy) is 1. The molecule has 0 bridgehead atoms. The maximum Gasteiger partial charge on any atom is 0.392 e. The summed E-state index contributed by atoms with van der Waals surface area (Å²) in [5.74, 6) is -3.01. The summed E-state index contributed by atoms with van der Waals surface area (Å²) in [6, 6.07) is 0. The predicted molar refractivity (Wildman–Crippen MR) is 45.6 cm³/mol. The van der Waals surface area contributed by atoms with Crippen LogP contribution in [0.3, 0.4) is 0 Å². The van der Waals surface area contributed by atoms with Crippen molar-refractivity contribution in [2.45, 2.75) is 33.4 Å². The molecule has 0 amide bonds. The molecule has 5 heteroatoms. The van der Waals surface area contributed by atoms with Gasteiger partial charge in [0.2, 0.25) is 0 Å². The Morgan fingerprint density at radius 2 is 1.86 bits per heavy atom. The third kappa shape index (κ3) is 4.48. The van der Waals surface area contributed by atoms with Crippen LogP contribution in [0, 0.1) is 11.8 Å². The predicted octanol–water partition coefficient (Wildman–Crippen LogP) is 2.77. The van der Waals surface area contributed by atoms with E-state index in [9.17, 15) is 18.0 Å². The van der Waals surface area contributed by atoms with Gasteiger partial charge in [0.05, 0.1) is 18.9 Å². The molecule has 0 aromatic heterocycles. The van der Waals surface area contributed by atoms with E-state index in [1.54, 1.807) is 6.92 Å². The van der Waals surface area contributed by atoms with E-state index in [1.807, 2.05) is 0 Å². The molecule has 2 nitrogen and oxygen atoms in total. The molecule has 0 N–H and O–H groups in total. The molecule has 0 aliphatic heterocycles. The molecule has 84 valence electrons. The molecule has 0 fully saturated rings. The molecule has 0 saturated carbocycles. The Morgan fingerprint density at radius 1 is 1.36 bits per heavy atom. The van der Waals surface area contributed by atoms with Crippen molar-refractivity contribution in [2.24, 2.45) is 11.8 Å². The second kappa shape index (κ2) is 5.22. The molecule has 1 atom stereocenters. The van der Waals surface area contributed by atoms with Crippen LogP contribution in [0.2, 0.25) is 0 Å². The average molecular weight is 212 g/mol. The lowest BCUT2D eigenvalue weighted by Gasteiger charge is -2.22. The molecule has 0 saturated heterocycles. The summed E-state index contributed by atoms with van der Waals surface area (Å²) in [7, 11) is 0. The van der Waals surface area contributed by atoms with E-state index in [0.717, 1.165) is 0 Å². The van der Waals surface area contributed by atoms with Gasteiger partial charge in [0.1, 0.15) is 0 Å². The second-order valence-electron chi connectivity index (χ2n) is 3.40. The minimum Gasteiger partial charge on any atom is -0.466 e. The van der Waals surface area contributed by atoms with E-state index in [-0.39, 0.29) is 6.61 Å². The maximum atomic E-state index is 12.4. The van der Waals surface area contributed by atoms with Crippen LogP contribution in [0.4, 0.5) is 13.2 Å². The number of esters is 1. The van der Waals surface area contributed by atoms with Gasteiger partial charge in [-0.15, -0.1) is 0 Å². The quantitative estimate of drug-likeness (QED) is 0.670. The van der Waals surface area contributed by atoms with Gasteiger partial charge in [-0.1, -0.05) is 13.8 Å². The SMILES string of the molecule is CCOC(=O)CC(C(C)C)C(F)(F)F. The zero-order valence-corrected chi connectivity index (χ0v) is 8.52. The number of halogens is 3. The molecule has 0 aromatic rings. The zero-order chi connectivity index (χ0) is 11.4.